The van der Waals surface area contributed by atoms with E-state index in [9.17, 15) is 29.1 Å². The maximum Gasteiger partial charge on any atom is 0.326 e. The zero-order valence-corrected chi connectivity index (χ0v) is 17.6. The van der Waals surface area contributed by atoms with Crippen molar-refractivity contribution in [1.29, 1.82) is 0 Å². The minimum atomic E-state index is -1.23. The molecule has 3 amide bonds. The minimum Gasteiger partial charge on any atom is -0.481 e. The van der Waals surface area contributed by atoms with Crippen LogP contribution in [0.25, 0.3) is 0 Å². The lowest BCUT2D eigenvalue weighted by Gasteiger charge is -2.24. The highest BCUT2D eigenvalue weighted by molar-refractivity contribution is 7.80. The quantitative estimate of drug-likeness (QED) is 0.174. The minimum absolute atomic E-state index is 0.0180. The fraction of sp³-hybridized carbons (Fsp3) is 0.706. The van der Waals surface area contributed by atoms with E-state index in [1.807, 2.05) is 0 Å². The molecular weight excluding hydrogens is 404 g/mol. The molecule has 0 aromatic heterocycles. The molecule has 0 aliphatic heterocycles. The Labute approximate surface area is 174 Å². The molecule has 5 atom stereocenters. The van der Waals surface area contributed by atoms with Gasteiger partial charge < -0.3 is 31.9 Å². The highest BCUT2D eigenvalue weighted by Crippen LogP contribution is 2.08. The molecule has 0 saturated heterocycles. The van der Waals surface area contributed by atoms with Crippen LogP contribution in [0, 0.1) is 5.92 Å². The van der Waals surface area contributed by atoms with E-state index in [4.69, 9.17) is 10.8 Å². The zero-order valence-electron chi connectivity index (χ0n) is 16.7. The number of amides is 3. The van der Waals surface area contributed by atoms with Gasteiger partial charge in [0.2, 0.25) is 17.7 Å². The molecule has 11 nitrogen and oxygen atoms in total. The van der Waals surface area contributed by atoms with Gasteiger partial charge in [-0.05, 0) is 19.3 Å². The van der Waals surface area contributed by atoms with Crippen molar-refractivity contribution in [3.05, 3.63) is 0 Å². The first-order valence-electron chi connectivity index (χ1n) is 9.16. The lowest BCUT2D eigenvalue weighted by molar-refractivity contribution is -0.143. The highest BCUT2D eigenvalue weighted by Gasteiger charge is 2.30. The summed E-state index contributed by atoms with van der Waals surface area (Å²) < 4.78 is 0. The van der Waals surface area contributed by atoms with Crippen LogP contribution < -0.4 is 21.7 Å². The highest BCUT2D eigenvalue weighted by atomic mass is 32.1. The van der Waals surface area contributed by atoms with Gasteiger partial charge in [-0.3, -0.25) is 19.2 Å². The second-order valence-corrected chi connectivity index (χ2v) is 7.09. The molecule has 0 rings (SSSR count). The SMILES string of the molecule is CCC(C)C(NC(=O)C(C)NC(=O)C(CCC(=O)O)NC(=O)C(N)CS)C(=O)O. The summed E-state index contributed by atoms with van der Waals surface area (Å²) in [6.45, 7) is 4.80. The molecule has 12 heteroatoms. The summed E-state index contributed by atoms with van der Waals surface area (Å²) in [7, 11) is 0. The number of hydrogen-bond donors (Lipinski definition) is 7. The Hall–Kier alpha value is -2.34. The maximum atomic E-state index is 12.5. The molecule has 29 heavy (non-hydrogen) atoms. The Balaban J connectivity index is 5.10. The number of rotatable bonds is 13. The van der Waals surface area contributed by atoms with Gasteiger partial charge in [0.1, 0.15) is 18.1 Å². The van der Waals surface area contributed by atoms with Gasteiger partial charge in [-0.15, -0.1) is 0 Å². The third kappa shape index (κ3) is 9.61. The summed E-state index contributed by atoms with van der Waals surface area (Å²) in [4.78, 5) is 58.8. The van der Waals surface area contributed by atoms with Gasteiger partial charge in [-0.2, -0.15) is 12.6 Å². The monoisotopic (exact) mass is 434 g/mol. The molecule has 5 unspecified atom stereocenters. The Morgan fingerprint density at radius 2 is 1.55 bits per heavy atom. The number of nitrogens with two attached hydrogens (primary N) is 1. The van der Waals surface area contributed by atoms with Gasteiger partial charge in [-0.1, -0.05) is 20.3 Å². The van der Waals surface area contributed by atoms with Crippen molar-refractivity contribution in [3.63, 3.8) is 0 Å². The number of hydrogen-bond acceptors (Lipinski definition) is 7. The van der Waals surface area contributed by atoms with Crippen LogP contribution in [0.3, 0.4) is 0 Å². The van der Waals surface area contributed by atoms with E-state index in [1.54, 1.807) is 13.8 Å². The zero-order chi connectivity index (χ0) is 22.7. The number of carbonyl (C=O) groups excluding carboxylic acids is 3. The lowest BCUT2D eigenvalue weighted by Crippen LogP contribution is -2.57. The van der Waals surface area contributed by atoms with Crippen LogP contribution in [0.2, 0.25) is 0 Å². The second-order valence-electron chi connectivity index (χ2n) is 6.72. The van der Waals surface area contributed by atoms with E-state index < -0.39 is 60.2 Å². The molecule has 166 valence electrons. The van der Waals surface area contributed by atoms with E-state index in [-0.39, 0.29) is 18.1 Å². The Morgan fingerprint density at radius 1 is 0.966 bits per heavy atom. The summed E-state index contributed by atoms with van der Waals surface area (Å²) in [6, 6.07) is -4.46. The molecule has 7 N–H and O–H groups in total. The van der Waals surface area contributed by atoms with Gasteiger partial charge in [0.05, 0.1) is 6.04 Å². The molecule has 0 spiro atoms. The van der Waals surface area contributed by atoms with Crippen molar-refractivity contribution >= 4 is 42.3 Å². The molecule has 0 bridgehead atoms. The average molecular weight is 435 g/mol. The van der Waals surface area contributed by atoms with Crippen LogP contribution in [0.1, 0.15) is 40.0 Å². The van der Waals surface area contributed by atoms with Crippen LogP contribution in [-0.4, -0.2) is 69.8 Å². The Bertz CT molecular complexity index is 617. The summed E-state index contributed by atoms with van der Waals surface area (Å²) in [5, 5.41) is 25.1. The summed E-state index contributed by atoms with van der Waals surface area (Å²) in [5.74, 6) is -4.87. The third-order valence-corrected chi connectivity index (χ3v) is 4.74. The Kier molecular flexibility index (Phi) is 11.9. The standard InChI is InChI=1S/C17H30N4O7S/c1-4-8(2)13(17(27)28)21-14(24)9(3)19-16(26)11(5-6-12(22)23)20-15(25)10(18)7-29/h8-11,13,29H,4-7,18H2,1-3H3,(H,19,26)(H,20,25)(H,21,24)(H,22,23)(H,27,28). The van der Waals surface area contributed by atoms with E-state index in [0.717, 1.165) is 0 Å². The fourth-order valence-corrected chi connectivity index (χ4v) is 2.41. The first kappa shape index (κ1) is 26.7. The van der Waals surface area contributed by atoms with E-state index in [2.05, 4.69) is 28.6 Å². The van der Waals surface area contributed by atoms with Gasteiger partial charge in [-0.25, -0.2) is 4.79 Å². The number of aliphatic carboxylic acids is 2. The summed E-state index contributed by atoms with van der Waals surface area (Å²) in [6.07, 6.45) is -0.0952. The number of thiol groups is 1. The van der Waals surface area contributed by atoms with Crippen LogP contribution in [0.5, 0.6) is 0 Å². The van der Waals surface area contributed by atoms with Gasteiger partial charge >= 0.3 is 11.9 Å². The predicted octanol–water partition coefficient (Wildman–Crippen LogP) is -1.29. The van der Waals surface area contributed by atoms with Crippen LogP contribution >= 0.6 is 12.6 Å². The first-order chi connectivity index (χ1) is 13.4. The van der Waals surface area contributed by atoms with Crippen LogP contribution in [0.4, 0.5) is 0 Å². The second kappa shape index (κ2) is 13.0. The number of nitrogens with one attached hydrogen (secondary N) is 3. The van der Waals surface area contributed by atoms with Gasteiger partial charge in [0, 0.05) is 12.2 Å². The molecule has 0 radical (unpaired) electrons. The van der Waals surface area contributed by atoms with Crippen LogP contribution in [0.15, 0.2) is 0 Å². The van der Waals surface area contributed by atoms with Gasteiger partial charge in [0.15, 0.2) is 0 Å². The molecule has 0 saturated carbocycles. The van der Waals surface area contributed by atoms with Crippen molar-refractivity contribution in [2.45, 2.75) is 64.2 Å². The van der Waals surface area contributed by atoms with E-state index in [1.165, 1.54) is 6.92 Å². The fourth-order valence-electron chi connectivity index (χ4n) is 2.24. The average Bonchev–Trinajstić information content (AvgIpc) is 2.66. The molecule has 0 aliphatic rings. The number of carboxylic acid groups (broad SMARTS) is 2. The molecule has 0 aromatic carbocycles. The van der Waals surface area contributed by atoms with Gasteiger partial charge in [0.25, 0.3) is 0 Å². The largest absolute Gasteiger partial charge is 0.481 e. The predicted molar refractivity (Wildman–Crippen MR) is 107 cm³/mol. The van der Waals surface area contributed by atoms with Crippen molar-refractivity contribution in [2.24, 2.45) is 11.7 Å². The van der Waals surface area contributed by atoms with Crippen molar-refractivity contribution in [1.82, 2.24) is 16.0 Å². The summed E-state index contributed by atoms with van der Waals surface area (Å²) in [5.41, 5.74) is 5.54. The molecule has 0 heterocycles. The molecule has 0 aromatic rings. The Morgan fingerprint density at radius 3 is 2.00 bits per heavy atom. The number of carbonyl (C=O) groups is 5. The summed E-state index contributed by atoms with van der Waals surface area (Å²) >= 11 is 3.89. The number of carboxylic acids is 2. The van der Waals surface area contributed by atoms with Crippen LogP contribution in [-0.2, 0) is 24.0 Å². The van der Waals surface area contributed by atoms with Crippen molar-refractivity contribution in [3.8, 4) is 0 Å². The topological polar surface area (TPSA) is 188 Å². The first-order valence-corrected chi connectivity index (χ1v) is 9.79. The van der Waals surface area contributed by atoms with Crippen molar-refractivity contribution < 1.29 is 34.2 Å². The maximum absolute atomic E-state index is 12.5. The third-order valence-electron chi connectivity index (χ3n) is 4.34. The smallest absolute Gasteiger partial charge is 0.326 e. The molecular formula is C17H30N4O7S. The normalized spacial score (nSPS) is 15.9. The lowest BCUT2D eigenvalue weighted by atomic mass is 9.99. The molecule has 0 aliphatic carbocycles. The molecule has 0 fully saturated rings. The van der Waals surface area contributed by atoms with E-state index >= 15 is 0 Å². The van der Waals surface area contributed by atoms with Crippen molar-refractivity contribution in [2.75, 3.05) is 5.75 Å². The van der Waals surface area contributed by atoms with E-state index in [0.29, 0.717) is 6.42 Å².